The lowest BCUT2D eigenvalue weighted by Gasteiger charge is -2.35. The number of hydrogen-bond donors (Lipinski definition) is 1. The Morgan fingerprint density at radius 1 is 1.26 bits per heavy atom. The molecule has 0 spiro atoms. The molecule has 5 nitrogen and oxygen atoms in total. The molecule has 0 aliphatic carbocycles. The van der Waals surface area contributed by atoms with E-state index in [-0.39, 0.29) is 0 Å². The van der Waals surface area contributed by atoms with Crippen LogP contribution >= 0.6 is 0 Å². The van der Waals surface area contributed by atoms with Gasteiger partial charge in [-0.15, -0.1) is 0 Å². The molecule has 1 aromatic rings. The molecule has 0 atom stereocenters. The van der Waals surface area contributed by atoms with Gasteiger partial charge in [-0.3, -0.25) is 4.90 Å². The minimum absolute atomic E-state index is 0.582. The fourth-order valence-corrected chi connectivity index (χ4v) is 2.35. The molecule has 0 unspecified atom stereocenters. The second-order valence-electron chi connectivity index (χ2n) is 4.82. The first-order chi connectivity index (χ1) is 9.29. The van der Waals surface area contributed by atoms with Gasteiger partial charge in [-0.05, 0) is 25.5 Å². The first kappa shape index (κ1) is 14.1. The van der Waals surface area contributed by atoms with Crippen LogP contribution in [-0.4, -0.2) is 55.8 Å². The zero-order chi connectivity index (χ0) is 13.5. The number of piperazine rings is 1. The van der Waals surface area contributed by atoms with Crippen LogP contribution in [0, 0.1) is 0 Å². The van der Waals surface area contributed by atoms with Crippen LogP contribution in [0.1, 0.15) is 13.3 Å². The van der Waals surface area contributed by atoms with Crippen molar-refractivity contribution in [2.75, 3.05) is 56.6 Å². The molecule has 2 rings (SSSR count). The van der Waals surface area contributed by atoms with Crippen molar-refractivity contribution in [2.45, 2.75) is 13.3 Å². The predicted molar refractivity (Wildman–Crippen MR) is 78.4 cm³/mol. The van der Waals surface area contributed by atoms with Crippen LogP contribution in [0.25, 0.3) is 0 Å². The summed E-state index contributed by atoms with van der Waals surface area (Å²) < 4.78 is 5.37. The molecule has 2 N–H and O–H groups in total. The topological polar surface area (TPSA) is 54.6 Å². The Kier molecular flexibility index (Phi) is 5.42. The number of ether oxygens (including phenoxy) is 1. The van der Waals surface area contributed by atoms with Gasteiger partial charge in [0.15, 0.2) is 0 Å². The van der Waals surface area contributed by atoms with Crippen molar-refractivity contribution in [1.82, 2.24) is 9.88 Å². The standard InChI is InChI=1S/C14H24N4O/c1-2-19-11-3-6-17-7-9-18(10-8-17)13-4-5-14(15)16-12-13/h4-5,12H,2-3,6-11H2,1H3,(H2,15,16). The highest BCUT2D eigenvalue weighted by Gasteiger charge is 2.16. The molecule has 0 bridgehead atoms. The van der Waals surface area contributed by atoms with Crippen LogP contribution in [0.2, 0.25) is 0 Å². The van der Waals surface area contributed by atoms with Crippen molar-refractivity contribution in [3.63, 3.8) is 0 Å². The lowest BCUT2D eigenvalue weighted by atomic mass is 10.2. The molecular weight excluding hydrogens is 240 g/mol. The highest BCUT2D eigenvalue weighted by molar-refractivity contribution is 5.48. The molecule has 0 saturated carbocycles. The van der Waals surface area contributed by atoms with E-state index < -0.39 is 0 Å². The molecule has 1 saturated heterocycles. The first-order valence-corrected chi connectivity index (χ1v) is 7.06. The summed E-state index contributed by atoms with van der Waals surface area (Å²) in [5.74, 6) is 0.582. The molecule has 1 fully saturated rings. The summed E-state index contributed by atoms with van der Waals surface area (Å²) >= 11 is 0. The maximum atomic E-state index is 5.61. The minimum atomic E-state index is 0.582. The zero-order valence-electron chi connectivity index (χ0n) is 11.7. The van der Waals surface area contributed by atoms with Crippen molar-refractivity contribution < 1.29 is 4.74 Å². The quantitative estimate of drug-likeness (QED) is 0.783. The smallest absolute Gasteiger partial charge is 0.123 e. The van der Waals surface area contributed by atoms with Gasteiger partial charge in [0.25, 0.3) is 0 Å². The van der Waals surface area contributed by atoms with Gasteiger partial charge in [-0.2, -0.15) is 0 Å². The molecule has 19 heavy (non-hydrogen) atoms. The van der Waals surface area contributed by atoms with Crippen molar-refractivity contribution in [3.8, 4) is 0 Å². The third-order valence-electron chi connectivity index (χ3n) is 3.48. The van der Waals surface area contributed by atoms with Gasteiger partial charge >= 0.3 is 0 Å². The SMILES string of the molecule is CCOCCCN1CCN(c2ccc(N)nc2)CC1. The van der Waals surface area contributed by atoms with E-state index in [1.165, 1.54) is 5.69 Å². The summed E-state index contributed by atoms with van der Waals surface area (Å²) in [7, 11) is 0. The monoisotopic (exact) mass is 264 g/mol. The van der Waals surface area contributed by atoms with Gasteiger partial charge in [-0.25, -0.2) is 4.98 Å². The Hall–Kier alpha value is -1.33. The summed E-state index contributed by atoms with van der Waals surface area (Å²) in [4.78, 5) is 9.02. The van der Waals surface area contributed by atoms with E-state index in [2.05, 4.69) is 14.8 Å². The fourth-order valence-electron chi connectivity index (χ4n) is 2.35. The number of nitrogen functional groups attached to an aromatic ring is 1. The third-order valence-corrected chi connectivity index (χ3v) is 3.48. The summed E-state index contributed by atoms with van der Waals surface area (Å²) in [6.07, 6.45) is 2.98. The Bertz CT molecular complexity index is 360. The highest BCUT2D eigenvalue weighted by atomic mass is 16.5. The Morgan fingerprint density at radius 2 is 2.05 bits per heavy atom. The Labute approximate surface area is 115 Å². The van der Waals surface area contributed by atoms with Crippen molar-refractivity contribution in [1.29, 1.82) is 0 Å². The number of aromatic nitrogens is 1. The average molecular weight is 264 g/mol. The summed E-state index contributed by atoms with van der Waals surface area (Å²) in [6, 6.07) is 3.91. The Morgan fingerprint density at radius 3 is 2.68 bits per heavy atom. The van der Waals surface area contributed by atoms with Crippen LogP contribution in [0.3, 0.4) is 0 Å². The molecule has 1 aromatic heterocycles. The van der Waals surface area contributed by atoms with Gasteiger partial charge in [0, 0.05) is 45.9 Å². The van der Waals surface area contributed by atoms with Crippen molar-refractivity contribution in [2.24, 2.45) is 0 Å². The maximum absolute atomic E-state index is 5.61. The van der Waals surface area contributed by atoms with Crippen LogP contribution in [0.5, 0.6) is 0 Å². The number of anilines is 2. The van der Waals surface area contributed by atoms with Crippen LogP contribution in [0.15, 0.2) is 18.3 Å². The molecule has 5 heteroatoms. The number of hydrogen-bond acceptors (Lipinski definition) is 5. The third kappa shape index (κ3) is 4.36. The van der Waals surface area contributed by atoms with E-state index >= 15 is 0 Å². The molecule has 106 valence electrons. The van der Waals surface area contributed by atoms with Crippen LogP contribution in [0.4, 0.5) is 11.5 Å². The molecule has 0 aromatic carbocycles. The average Bonchev–Trinajstić information content (AvgIpc) is 2.45. The lowest BCUT2D eigenvalue weighted by molar-refractivity contribution is 0.130. The summed E-state index contributed by atoms with van der Waals surface area (Å²) in [6.45, 7) is 9.19. The number of nitrogens with zero attached hydrogens (tertiary/aromatic N) is 3. The van der Waals surface area contributed by atoms with Crippen molar-refractivity contribution in [3.05, 3.63) is 18.3 Å². The number of rotatable bonds is 6. The molecule has 1 aliphatic heterocycles. The van der Waals surface area contributed by atoms with Gasteiger partial charge in [0.1, 0.15) is 5.82 Å². The summed E-state index contributed by atoms with van der Waals surface area (Å²) in [5.41, 5.74) is 6.78. The number of nitrogens with two attached hydrogens (primary N) is 1. The lowest BCUT2D eigenvalue weighted by Crippen LogP contribution is -2.46. The van der Waals surface area contributed by atoms with E-state index in [0.717, 1.165) is 52.4 Å². The zero-order valence-corrected chi connectivity index (χ0v) is 11.7. The predicted octanol–water partition coefficient (Wildman–Crippen LogP) is 1.21. The minimum Gasteiger partial charge on any atom is -0.384 e. The first-order valence-electron chi connectivity index (χ1n) is 7.06. The van der Waals surface area contributed by atoms with Crippen molar-refractivity contribution >= 4 is 11.5 Å². The fraction of sp³-hybridized carbons (Fsp3) is 0.643. The number of pyridine rings is 1. The second-order valence-corrected chi connectivity index (χ2v) is 4.82. The van der Waals surface area contributed by atoms with Crippen LogP contribution in [-0.2, 0) is 4.74 Å². The van der Waals surface area contributed by atoms with E-state index in [1.807, 2.05) is 25.3 Å². The van der Waals surface area contributed by atoms with Gasteiger partial charge < -0.3 is 15.4 Å². The molecule has 2 heterocycles. The second kappa shape index (κ2) is 7.31. The normalized spacial score (nSPS) is 16.8. The van der Waals surface area contributed by atoms with E-state index in [9.17, 15) is 0 Å². The van der Waals surface area contributed by atoms with E-state index in [1.54, 1.807) is 0 Å². The summed E-state index contributed by atoms with van der Waals surface area (Å²) in [5, 5.41) is 0. The highest BCUT2D eigenvalue weighted by Crippen LogP contribution is 2.16. The molecular formula is C14H24N4O. The van der Waals surface area contributed by atoms with Crippen LogP contribution < -0.4 is 10.6 Å². The maximum Gasteiger partial charge on any atom is 0.123 e. The van der Waals surface area contributed by atoms with E-state index in [4.69, 9.17) is 10.5 Å². The van der Waals surface area contributed by atoms with E-state index in [0.29, 0.717) is 5.82 Å². The largest absolute Gasteiger partial charge is 0.384 e. The molecule has 0 radical (unpaired) electrons. The van der Waals surface area contributed by atoms with Gasteiger partial charge in [0.2, 0.25) is 0 Å². The Balaban J connectivity index is 1.71. The van der Waals surface area contributed by atoms with Gasteiger partial charge in [-0.1, -0.05) is 0 Å². The molecule has 1 aliphatic rings. The van der Waals surface area contributed by atoms with Gasteiger partial charge in [0.05, 0.1) is 11.9 Å². The molecule has 0 amide bonds.